The summed E-state index contributed by atoms with van der Waals surface area (Å²) in [5.74, 6) is 2.55. The van der Waals surface area contributed by atoms with Crippen LogP contribution >= 0.6 is 0 Å². The van der Waals surface area contributed by atoms with Crippen molar-refractivity contribution >= 4 is 116 Å². The summed E-state index contributed by atoms with van der Waals surface area (Å²) in [7, 11) is 0. The molecule has 6 aromatic heterocycles. The van der Waals surface area contributed by atoms with Crippen LogP contribution in [0.4, 0.5) is 28.4 Å². The van der Waals surface area contributed by atoms with Gasteiger partial charge in [-0.3, -0.25) is 9.97 Å². The summed E-state index contributed by atoms with van der Waals surface area (Å²) in [5, 5.41) is 28.3. The fourth-order valence-corrected chi connectivity index (χ4v) is 16.6. The zero-order valence-electron chi connectivity index (χ0n) is 52.7. The van der Waals surface area contributed by atoms with Crippen LogP contribution in [0.3, 0.4) is 0 Å². The Balaban J connectivity index is 0.844. The highest BCUT2D eigenvalue weighted by molar-refractivity contribution is 6.14. The highest BCUT2D eigenvalue weighted by atomic mass is 16.5. The minimum absolute atomic E-state index is 0.511. The zero-order chi connectivity index (χ0) is 66.2. The molecule has 0 bridgehead atoms. The molecule has 12 aromatic carbocycles. The Morgan fingerprint density at radius 3 is 1.24 bits per heavy atom. The monoisotopic (exact) mass is 1280 g/mol. The Hall–Kier alpha value is -14.5. The molecular weight excluding hydrogens is 1230 g/mol. The van der Waals surface area contributed by atoms with E-state index in [0.29, 0.717) is 45.5 Å². The summed E-state index contributed by atoms with van der Waals surface area (Å²) in [5.41, 5.74) is 19.8. The van der Waals surface area contributed by atoms with Crippen LogP contribution in [0.5, 0.6) is 23.0 Å². The van der Waals surface area contributed by atoms with Crippen molar-refractivity contribution in [2.75, 3.05) is 4.90 Å². The van der Waals surface area contributed by atoms with Crippen LogP contribution in [-0.2, 0) is 5.41 Å². The molecular formula is C87H45N11O2. The third-order valence-corrected chi connectivity index (χ3v) is 20.7. The molecule has 8 heterocycles. The number of nitrogens with zero attached hydrogens (tertiary/aromatic N) is 11. The van der Waals surface area contributed by atoms with Crippen LogP contribution in [0, 0.1) is 35.8 Å². The topological polar surface area (TPSA) is 124 Å². The van der Waals surface area contributed by atoms with Crippen molar-refractivity contribution in [3.05, 3.63) is 329 Å². The van der Waals surface area contributed by atoms with Gasteiger partial charge in [0, 0.05) is 89.8 Å². The number of anilines is 3. The molecule has 18 aromatic rings. The molecule has 1 unspecified atom stereocenters. The van der Waals surface area contributed by atoms with Gasteiger partial charge in [-0.15, -0.1) is 0 Å². The van der Waals surface area contributed by atoms with Gasteiger partial charge in [-0.1, -0.05) is 109 Å². The van der Waals surface area contributed by atoms with Gasteiger partial charge in [-0.2, -0.15) is 10.5 Å². The van der Waals surface area contributed by atoms with E-state index in [-0.39, 0.29) is 0 Å². The number of ether oxygens (including phenoxy) is 2. The summed E-state index contributed by atoms with van der Waals surface area (Å²) >= 11 is 0. The number of fused-ring (bicyclic) bond motifs is 23. The number of hydrogen-bond donors (Lipinski definition) is 0. The lowest BCUT2D eigenvalue weighted by Gasteiger charge is -2.39. The molecule has 1 atom stereocenters. The number of nitriles is 2. The maximum atomic E-state index is 10.2. The zero-order valence-corrected chi connectivity index (χ0v) is 52.7. The Morgan fingerprint density at radius 2 is 0.720 bits per heavy atom. The molecule has 3 aliphatic rings. The Kier molecular flexibility index (Phi) is 11.1. The average Bonchev–Trinajstić information content (AvgIpc) is 1.47. The first-order valence-electron chi connectivity index (χ1n) is 32.8. The van der Waals surface area contributed by atoms with Crippen LogP contribution in [-0.4, -0.2) is 28.2 Å². The van der Waals surface area contributed by atoms with Crippen molar-refractivity contribution in [2.45, 2.75) is 5.41 Å². The van der Waals surface area contributed by atoms with Crippen molar-refractivity contribution in [3.8, 4) is 69.3 Å². The lowest BCUT2D eigenvalue weighted by Crippen LogP contribution is -2.32. The normalized spacial score (nSPS) is 13.9. The van der Waals surface area contributed by atoms with Crippen LogP contribution in [0.25, 0.3) is 131 Å². The van der Waals surface area contributed by atoms with Gasteiger partial charge in [0.05, 0.1) is 132 Å². The van der Waals surface area contributed by atoms with E-state index < -0.39 is 5.41 Å². The molecule has 21 rings (SSSR count). The summed E-state index contributed by atoms with van der Waals surface area (Å²) in [4.78, 5) is 21.1. The Bertz CT molecular complexity index is 6770. The summed E-state index contributed by atoms with van der Waals surface area (Å²) in [6.45, 7) is 16.1. The smallest absolute Gasteiger partial charge is 0.188 e. The first-order valence-corrected chi connectivity index (χ1v) is 32.8. The first-order chi connectivity index (χ1) is 49.4. The Labute approximate surface area is 569 Å². The van der Waals surface area contributed by atoms with Crippen molar-refractivity contribution in [3.63, 3.8) is 0 Å². The van der Waals surface area contributed by atoms with Crippen LogP contribution in [0.15, 0.2) is 273 Å². The molecule has 0 fully saturated rings. The molecule has 13 heteroatoms. The largest absolute Gasteiger partial charge is 0.457 e. The fraction of sp³-hybridized carbons (Fsp3) is 0.0115. The second kappa shape index (κ2) is 20.3. The predicted octanol–water partition coefficient (Wildman–Crippen LogP) is 21.8. The number of aromatic nitrogens is 6. The van der Waals surface area contributed by atoms with Crippen LogP contribution in [0.1, 0.15) is 33.4 Å². The maximum absolute atomic E-state index is 10.2. The van der Waals surface area contributed by atoms with Gasteiger partial charge in [0.2, 0.25) is 0 Å². The highest BCUT2D eigenvalue weighted by Crippen LogP contribution is 2.63. The second-order valence-electron chi connectivity index (χ2n) is 25.7. The molecule has 0 amide bonds. The van der Waals surface area contributed by atoms with Crippen molar-refractivity contribution in [1.29, 1.82) is 10.5 Å². The fourth-order valence-electron chi connectivity index (χ4n) is 16.6. The van der Waals surface area contributed by atoms with E-state index in [1.165, 1.54) is 0 Å². The van der Waals surface area contributed by atoms with Crippen molar-refractivity contribution in [2.24, 2.45) is 0 Å². The summed E-state index contributed by atoms with van der Waals surface area (Å²) in [6.07, 6.45) is 3.91. The molecule has 460 valence electrons. The molecule has 1 spiro atoms. The van der Waals surface area contributed by atoms with E-state index in [0.717, 1.165) is 161 Å². The third kappa shape index (κ3) is 7.38. The molecule has 0 radical (unpaired) electrons. The minimum atomic E-state index is -1.17. The molecule has 0 saturated heterocycles. The number of rotatable bonds is 5. The van der Waals surface area contributed by atoms with Gasteiger partial charge in [-0.05, 0) is 144 Å². The van der Waals surface area contributed by atoms with Gasteiger partial charge < -0.3 is 32.6 Å². The molecule has 0 saturated carbocycles. The first kappa shape index (κ1) is 54.8. The van der Waals surface area contributed by atoms with Gasteiger partial charge in [0.15, 0.2) is 22.9 Å². The molecule has 100 heavy (non-hydrogen) atoms. The van der Waals surface area contributed by atoms with Gasteiger partial charge in [0.25, 0.3) is 0 Å². The molecule has 13 nitrogen and oxygen atoms in total. The van der Waals surface area contributed by atoms with Crippen LogP contribution < -0.4 is 14.4 Å². The van der Waals surface area contributed by atoms with E-state index in [1.807, 2.05) is 116 Å². The lowest BCUT2D eigenvalue weighted by molar-refractivity contribution is 0.436. The number of pyridine rings is 2. The van der Waals surface area contributed by atoms with Gasteiger partial charge in [0.1, 0.15) is 11.5 Å². The quantitative estimate of drug-likeness (QED) is 0.157. The maximum Gasteiger partial charge on any atom is 0.188 e. The molecule has 0 N–H and O–H groups in total. The standard InChI is InChI=1S/C87H45N11O2/c1-90-52-25-34-76-64(39-52)60-14-4-7-17-71(60)94(76)55-27-30-67-82(44-55)100-83-45-56(95-72-18-8-6-16-62(72)66-41-54(29-36-78(66)95)96-79-21-11-12-22-81(79)99-84-38-51(47-89)24-33-80(84)96)28-31-68(83)87(67)69-42-57(97-73-19-9-3-13-59(73)63-37-50(46-88)23-32-75(63)97)48-92-85(69)86-70(87)43-58(49-93-86)98-74-20-10-5-15-61(74)65-40-53(91-2)26-35-77(65)98/h3-45,48-49H. The highest BCUT2D eigenvalue weighted by Gasteiger charge is 2.53. The van der Waals surface area contributed by atoms with Crippen molar-refractivity contribution < 1.29 is 9.47 Å². The summed E-state index contributed by atoms with van der Waals surface area (Å²) in [6, 6.07) is 93.9. The van der Waals surface area contributed by atoms with Gasteiger partial charge >= 0.3 is 0 Å². The lowest BCUT2D eigenvalue weighted by atomic mass is 9.66. The predicted molar refractivity (Wildman–Crippen MR) is 393 cm³/mol. The molecule has 2 aliphatic heterocycles. The summed E-state index contributed by atoms with van der Waals surface area (Å²) < 4.78 is 23.3. The van der Waals surface area contributed by atoms with E-state index in [4.69, 9.17) is 32.6 Å². The van der Waals surface area contributed by atoms with E-state index in [1.54, 1.807) is 6.07 Å². The van der Waals surface area contributed by atoms with E-state index >= 15 is 0 Å². The third-order valence-electron chi connectivity index (χ3n) is 20.7. The van der Waals surface area contributed by atoms with E-state index in [2.05, 4.69) is 197 Å². The van der Waals surface area contributed by atoms with E-state index in [9.17, 15) is 10.5 Å². The SMILES string of the molecule is [C-]#[N+]c1ccc2c(c1)c1ccccc1n2-c1ccc2c(c1)Oc1cc(-n3c4ccccc4c4cc(N5c6ccccc6Oc6cc(C#N)ccc65)ccc43)ccc1C21c2cc(-n3c4ccccc4c4cc(C#N)ccc43)cnc2-c2ncc(-n3c4ccccc4c4cc([N+]#[C-])ccc43)cc21. The second-order valence-corrected chi connectivity index (χ2v) is 25.7. The number of benzene rings is 12. The van der Waals surface area contributed by atoms with Gasteiger partial charge in [-0.25, -0.2) is 9.69 Å². The minimum Gasteiger partial charge on any atom is -0.457 e. The average molecular weight is 1280 g/mol. The molecule has 1 aliphatic carbocycles. The number of hydrogen-bond acceptors (Lipinski definition) is 7. The number of para-hydroxylation sites is 6. The Morgan fingerprint density at radius 1 is 0.320 bits per heavy atom. The van der Waals surface area contributed by atoms with Crippen molar-refractivity contribution in [1.82, 2.24) is 28.2 Å². The van der Waals surface area contributed by atoms with Crippen LogP contribution in [0.2, 0.25) is 0 Å².